The summed E-state index contributed by atoms with van der Waals surface area (Å²) in [5.74, 6) is -0.00249. The number of ether oxygens (including phenoxy) is 1. The Bertz CT molecular complexity index is 362. The number of hydrogen-bond donors (Lipinski definition) is 2. The van der Waals surface area contributed by atoms with E-state index in [9.17, 15) is 4.79 Å². The molecule has 1 aromatic rings. The number of rotatable bonds is 4. The van der Waals surface area contributed by atoms with Gasteiger partial charge in [-0.15, -0.1) is 24.8 Å². The second-order valence-corrected chi connectivity index (χ2v) is 4.10. The second kappa shape index (κ2) is 9.14. The summed E-state index contributed by atoms with van der Waals surface area (Å²) in [4.78, 5) is 15.8. The highest BCUT2D eigenvalue weighted by Crippen LogP contribution is 2.03. The molecule has 0 aromatic carbocycles. The van der Waals surface area contributed by atoms with Crippen LogP contribution >= 0.6 is 24.8 Å². The van der Waals surface area contributed by atoms with Gasteiger partial charge in [-0.3, -0.25) is 4.79 Å². The normalized spacial score (nSPS) is 21.9. The van der Waals surface area contributed by atoms with E-state index >= 15 is 0 Å². The molecule has 0 saturated carbocycles. The molecular formula is C11H20Cl2N4O2. The average Bonchev–Trinajstić information content (AvgIpc) is 2.82. The Labute approximate surface area is 125 Å². The van der Waals surface area contributed by atoms with Crippen molar-refractivity contribution in [2.45, 2.75) is 25.6 Å². The van der Waals surface area contributed by atoms with E-state index in [0.717, 1.165) is 13.1 Å². The van der Waals surface area contributed by atoms with E-state index in [-0.39, 0.29) is 42.9 Å². The van der Waals surface area contributed by atoms with Crippen LogP contribution in [-0.4, -0.2) is 47.3 Å². The van der Waals surface area contributed by atoms with Crippen LogP contribution in [0.3, 0.4) is 0 Å². The van der Waals surface area contributed by atoms with Gasteiger partial charge in [-0.05, 0) is 6.92 Å². The monoisotopic (exact) mass is 310 g/mol. The molecular weight excluding hydrogens is 291 g/mol. The summed E-state index contributed by atoms with van der Waals surface area (Å²) in [5, 5.41) is 6.05. The van der Waals surface area contributed by atoms with E-state index < -0.39 is 0 Å². The third kappa shape index (κ3) is 5.36. The maximum Gasteiger partial charge on any atom is 0.239 e. The molecule has 0 aliphatic carbocycles. The number of carbonyl (C=O) groups excluding carboxylic acids is 1. The molecule has 1 aliphatic rings. The Morgan fingerprint density at radius 1 is 1.58 bits per heavy atom. The molecule has 2 heterocycles. The van der Waals surface area contributed by atoms with Crippen molar-refractivity contribution in [2.24, 2.45) is 0 Å². The number of amides is 1. The van der Waals surface area contributed by atoms with E-state index in [1.165, 1.54) is 0 Å². The second-order valence-electron chi connectivity index (χ2n) is 4.10. The van der Waals surface area contributed by atoms with Gasteiger partial charge in [0.05, 0.1) is 19.0 Å². The number of halogens is 2. The molecule has 110 valence electrons. The molecule has 2 atom stereocenters. The van der Waals surface area contributed by atoms with Crippen LogP contribution in [0.4, 0.5) is 0 Å². The minimum absolute atomic E-state index is 0. The van der Waals surface area contributed by atoms with Crippen LogP contribution in [0.25, 0.3) is 0 Å². The van der Waals surface area contributed by atoms with E-state index in [2.05, 4.69) is 15.6 Å². The lowest BCUT2D eigenvalue weighted by atomic mass is 10.1. The molecule has 2 N–H and O–H groups in total. The van der Waals surface area contributed by atoms with Crippen LogP contribution in [0.2, 0.25) is 0 Å². The van der Waals surface area contributed by atoms with Gasteiger partial charge in [0.1, 0.15) is 6.04 Å². The first kappa shape index (κ1) is 18.2. The quantitative estimate of drug-likeness (QED) is 0.835. The zero-order valence-electron chi connectivity index (χ0n) is 10.7. The van der Waals surface area contributed by atoms with Gasteiger partial charge < -0.3 is 19.9 Å². The van der Waals surface area contributed by atoms with Gasteiger partial charge in [-0.25, -0.2) is 4.98 Å². The van der Waals surface area contributed by atoms with Crippen molar-refractivity contribution in [3.63, 3.8) is 0 Å². The molecule has 1 aliphatic heterocycles. The molecule has 1 fully saturated rings. The summed E-state index contributed by atoms with van der Waals surface area (Å²) in [7, 11) is 0. The predicted octanol–water partition coefficient (Wildman–Crippen LogP) is 0.220. The number of imidazole rings is 1. The summed E-state index contributed by atoms with van der Waals surface area (Å²) in [6.07, 6.45) is 5.26. The fourth-order valence-corrected chi connectivity index (χ4v) is 1.86. The highest BCUT2D eigenvalue weighted by molar-refractivity contribution is 5.85. The lowest BCUT2D eigenvalue weighted by Gasteiger charge is -2.29. The Balaban J connectivity index is 0.00000162. The summed E-state index contributed by atoms with van der Waals surface area (Å²) < 4.78 is 7.35. The molecule has 1 amide bonds. The van der Waals surface area contributed by atoms with Gasteiger partial charge >= 0.3 is 0 Å². The zero-order valence-corrected chi connectivity index (χ0v) is 12.4. The first-order chi connectivity index (χ1) is 8.27. The van der Waals surface area contributed by atoms with Crippen molar-refractivity contribution in [3.8, 4) is 0 Å². The average molecular weight is 311 g/mol. The predicted molar refractivity (Wildman–Crippen MR) is 76.9 cm³/mol. The van der Waals surface area contributed by atoms with Crippen molar-refractivity contribution in [3.05, 3.63) is 18.7 Å². The third-order valence-corrected chi connectivity index (χ3v) is 2.83. The first-order valence-corrected chi connectivity index (χ1v) is 5.86. The molecule has 2 rings (SSSR count). The van der Waals surface area contributed by atoms with Crippen molar-refractivity contribution >= 4 is 30.7 Å². The van der Waals surface area contributed by atoms with Crippen LogP contribution in [-0.2, 0) is 16.1 Å². The molecule has 1 saturated heterocycles. The van der Waals surface area contributed by atoms with Gasteiger partial charge in [0.25, 0.3) is 0 Å². The standard InChI is InChI=1S/C11H18N4O2.2ClH/c1-9-10(13-4-7-17-9)11(16)14-3-6-15-5-2-12-8-15;;/h2,5,8-10,13H,3-4,6-7H2,1H3,(H,14,16);2*1H/t9-,10+;;/m1../s1. The molecule has 6 nitrogen and oxygen atoms in total. The van der Waals surface area contributed by atoms with Gasteiger partial charge in [0.15, 0.2) is 0 Å². The van der Waals surface area contributed by atoms with Crippen LogP contribution in [0, 0.1) is 0 Å². The first-order valence-electron chi connectivity index (χ1n) is 5.86. The molecule has 0 spiro atoms. The minimum atomic E-state index is -0.244. The maximum absolute atomic E-state index is 11.9. The van der Waals surface area contributed by atoms with Crippen molar-refractivity contribution < 1.29 is 9.53 Å². The number of aromatic nitrogens is 2. The summed E-state index contributed by atoms with van der Waals surface area (Å²) >= 11 is 0. The number of nitrogens with zero attached hydrogens (tertiary/aromatic N) is 2. The van der Waals surface area contributed by atoms with Gasteiger partial charge in [-0.1, -0.05) is 0 Å². The van der Waals surface area contributed by atoms with Crippen LogP contribution in [0.1, 0.15) is 6.92 Å². The van der Waals surface area contributed by atoms with Gasteiger partial charge in [0.2, 0.25) is 5.91 Å². The maximum atomic E-state index is 11.9. The van der Waals surface area contributed by atoms with E-state index in [4.69, 9.17) is 4.74 Å². The third-order valence-electron chi connectivity index (χ3n) is 2.83. The van der Waals surface area contributed by atoms with Gasteiger partial charge in [0, 0.05) is 32.0 Å². The van der Waals surface area contributed by atoms with E-state index in [0.29, 0.717) is 13.2 Å². The zero-order chi connectivity index (χ0) is 12.1. The summed E-state index contributed by atoms with van der Waals surface area (Å²) in [6, 6.07) is -0.244. The number of morpholine rings is 1. The topological polar surface area (TPSA) is 68.2 Å². The number of carbonyl (C=O) groups is 1. The van der Waals surface area contributed by atoms with Crippen molar-refractivity contribution in [1.29, 1.82) is 0 Å². The smallest absolute Gasteiger partial charge is 0.239 e. The minimum Gasteiger partial charge on any atom is -0.375 e. The Hall–Kier alpha value is -0.820. The Kier molecular flexibility index (Phi) is 8.75. The summed E-state index contributed by atoms with van der Waals surface area (Å²) in [5.41, 5.74) is 0. The van der Waals surface area contributed by atoms with Crippen molar-refractivity contribution in [2.75, 3.05) is 19.7 Å². The highest BCUT2D eigenvalue weighted by Gasteiger charge is 2.27. The molecule has 8 heteroatoms. The molecule has 0 unspecified atom stereocenters. The van der Waals surface area contributed by atoms with E-state index in [1.54, 1.807) is 12.5 Å². The van der Waals surface area contributed by atoms with Crippen LogP contribution in [0.5, 0.6) is 0 Å². The van der Waals surface area contributed by atoms with Crippen LogP contribution < -0.4 is 10.6 Å². The lowest BCUT2D eigenvalue weighted by Crippen LogP contribution is -2.55. The molecule has 19 heavy (non-hydrogen) atoms. The highest BCUT2D eigenvalue weighted by atomic mass is 35.5. The fourth-order valence-electron chi connectivity index (χ4n) is 1.86. The van der Waals surface area contributed by atoms with Crippen molar-refractivity contribution in [1.82, 2.24) is 20.2 Å². The molecule has 0 radical (unpaired) electrons. The number of nitrogens with one attached hydrogen (secondary N) is 2. The SMILES string of the molecule is C[C@H]1OCCN[C@@H]1C(=O)NCCn1ccnc1.Cl.Cl. The largest absolute Gasteiger partial charge is 0.375 e. The molecule has 0 bridgehead atoms. The lowest BCUT2D eigenvalue weighted by molar-refractivity contribution is -0.128. The fraction of sp³-hybridized carbons (Fsp3) is 0.636. The summed E-state index contributed by atoms with van der Waals surface area (Å²) in [6.45, 7) is 4.63. The molecule has 1 aromatic heterocycles. The van der Waals surface area contributed by atoms with Gasteiger partial charge in [-0.2, -0.15) is 0 Å². The van der Waals surface area contributed by atoms with Crippen LogP contribution in [0.15, 0.2) is 18.7 Å². The van der Waals surface area contributed by atoms with E-state index in [1.807, 2.05) is 17.7 Å². The Morgan fingerprint density at radius 3 is 3.00 bits per heavy atom. The number of hydrogen-bond acceptors (Lipinski definition) is 4. The Morgan fingerprint density at radius 2 is 2.37 bits per heavy atom.